The highest BCUT2D eigenvalue weighted by Gasteiger charge is 2.28. The van der Waals surface area contributed by atoms with Gasteiger partial charge in [0, 0.05) is 12.1 Å². The maximum absolute atomic E-state index is 11.7. The van der Waals surface area contributed by atoms with Crippen LogP contribution in [0.3, 0.4) is 0 Å². The molecule has 2 fully saturated rings. The predicted octanol–water partition coefficient (Wildman–Crippen LogP) is 1.00. The van der Waals surface area contributed by atoms with Gasteiger partial charge in [0.1, 0.15) is 5.82 Å². The maximum atomic E-state index is 11.7. The number of nitrogens with one attached hydrogen (secondary N) is 2. The summed E-state index contributed by atoms with van der Waals surface area (Å²) in [6.45, 7) is 1.92. The molecule has 3 rings (SSSR count). The lowest BCUT2D eigenvalue weighted by Gasteiger charge is -2.07. The maximum Gasteiger partial charge on any atom is 0.321 e. The summed E-state index contributed by atoms with van der Waals surface area (Å²) in [6, 6.07) is 0.322. The summed E-state index contributed by atoms with van der Waals surface area (Å²) in [5, 5.41) is 13.9. The number of amides is 3. The van der Waals surface area contributed by atoms with Crippen molar-refractivity contribution in [2.75, 3.05) is 5.75 Å². The quantitative estimate of drug-likeness (QED) is 0.791. The molecule has 0 unspecified atom stereocenters. The topological polar surface area (TPSA) is 88.9 Å². The number of carbonyl (C=O) groups excluding carboxylic acids is 2. The predicted molar refractivity (Wildman–Crippen MR) is 73.5 cm³/mol. The molecule has 2 aliphatic rings. The summed E-state index contributed by atoms with van der Waals surface area (Å²) < 4.78 is 2.07. The first-order chi connectivity index (χ1) is 9.63. The second-order valence-corrected chi connectivity index (χ2v) is 6.16. The van der Waals surface area contributed by atoms with Crippen LogP contribution in [0, 0.1) is 6.92 Å². The van der Waals surface area contributed by atoms with Crippen LogP contribution in [0.25, 0.3) is 0 Å². The summed E-state index contributed by atoms with van der Waals surface area (Å²) >= 11 is 1.32. The lowest BCUT2D eigenvalue weighted by Crippen LogP contribution is -2.41. The van der Waals surface area contributed by atoms with Crippen molar-refractivity contribution in [3.05, 3.63) is 5.82 Å². The Labute approximate surface area is 120 Å². The molecule has 1 aromatic heterocycles. The molecule has 0 spiro atoms. The number of imide groups is 1. The molecule has 8 heteroatoms. The van der Waals surface area contributed by atoms with Crippen molar-refractivity contribution in [3.63, 3.8) is 0 Å². The first-order valence-corrected chi connectivity index (χ1v) is 7.76. The molecule has 2 N–H and O–H groups in total. The van der Waals surface area contributed by atoms with E-state index in [1.54, 1.807) is 0 Å². The van der Waals surface area contributed by atoms with E-state index >= 15 is 0 Å². The van der Waals surface area contributed by atoms with Crippen molar-refractivity contribution in [2.45, 2.75) is 49.8 Å². The molecule has 0 atom stereocenters. The highest BCUT2D eigenvalue weighted by atomic mass is 32.2. The highest BCUT2D eigenvalue weighted by Crippen LogP contribution is 2.38. The monoisotopic (exact) mass is 295 g/mol. The van der Waals surface area contributed by atoms with Crippen molar-refractivity contribution < 1.29 is 9.59 Å². The number of nitrogens with zero attached hydrogens (tertiary/aromatic N) is 3. The second kappa shape index (κ2) is 5.43. The molecule has 1 aromatic rings. The molecule has 1 heterocycles. The Balaban J connectivity index is 1.48. The summed E-state index contributed by atoms with van der Waals surface area (Å²) in [4.78, 5) is 23.1. The van der Waals surface area contributed by atoms with Crippen molar-refractivity contribution >= 4 is 23.7 Å². The minimum absolute atomic E-state index is 0.170. The third-order valence-corrected chi connectivity index (χ3v) is 4.19. The lowest BCUT2D eigenvalue weighted by molar-refractivity contribution is -0.117. The molecule has 2 saturated carbocycles. The number of hydrogen-bond acceptors (Lipinski definition) is 5. The van der Waals surface area contributed by atoms with Gasteiger partial charge < -0.3 is 9.88 Å². The molecule has 0 radical (unpaired) electrons. The summed E-state index contributed by atoms with van der Waals surface area (Å²) in [6.07, 6.45) is 4.28. The summed E-state index contributed by atoms with van der Waals surface area (Å²) in [7, 11) is 0. The average Bonchev–Trinajstić information content (AvgIpc) is 3.29. The molecule has 7 nitrogen and oxygen atoms in total. The third-order valence-electron chi connectivity index (χ3n) is 3.24. The molecular formula is C12H17N5O2S. The Hall–Kier alpha value is -1.57. The number of thioether (sulfide) groups is 1. The van der Waals surface area contributed by atoms with Crippen LogP contribution in [-0.2, 0) is 4.79 Å². The van der Waals surface area contributed by atoms with Crippen LogP contribution in [0.2, 0.25) is 0 Å². The van der Waals surface area contributed by atoms with Crippen molar-refractivity contribution in [2.24, 2.45) is 0 Å². The number of aromatic nitrogens is 3. The number of rotatable bonds is 5. The van der Waals surface area contributed by atoms with Crippen molar-refractivity contribution in [3.8, 4) is 0 Å². The standard InChI is InChI=1S/C12H17N5O2S/c1-7-15-16-12(17(7)9-4-5-9)20-6-10(18)14-11(19)13-8-2-3-8/h8-9H,2-6H2,1H3,(H2,13,14,18,19). The lowest BCUT2D eigenvalue weighted by atomic mass is 10.6. The van der Waals surface area contributed by atoms with Crippen LogP contribution < -0.4 is 10.6 Å². The largest absolute Gasteiger partial charge is 0.335 e. The van der Waals surface area contributed by atoms with Gasteiger partial charge in [-0.3, -0.25) is 10.1 Å². The molecule has 108 valence electrons. The molecule has 0 saturated heterocycles. The third kappa shape index (κ3) is 3.30. The van der Waals surface area contributed by atoms with Gasteiger partial charge in [-0.1, -0.05) is 11.8 Å². The molecule has 20 heavy (non-hydrogen) atoms. The van der Waals surface area contributed by atoms with Crippen LogP contribution in [-0.4, -0.2) is 38.5 Å². The van der Waals surface area contributed by atoms with E-state index in [0.717, 1.165) is 36.7 Å². The first kappa shape index (κ1) is 13.4. The zero-order valence-electron chi connectivity index (χ0n) is 11.3. The molecule has 3 amide bonds. The van der Waals surface area contributed by atoms with Gasteiger partial charge in [-0.2, -0.15) is 0 Å². The number of aryl methyl sites for hydroxylation is 1. The minimum atomic E-state index is -0.405. The van der Waals surface area contributed by atoms with E-state index in [0.29, 0.717) is 6.04 Å². The number of carbonyl (C=O) groups is 2. The van der Waals surface area contributed by atoms with Crippen molar-refractivity contribution in [1.82, 2.24) is 25.4 Å². The molecule has 0 bridgehead atoms. The van der Waals surface area contributed by atoms with Gasteiger partial charge in [0.15, 0.2) is 5.16 Å². The van der Waals surface area contributed by atoms with Crippen molar-refractivity contribution in [1.29, 1.82) is 0 Å². The SMILES string of the molecule is Cc1nnc(SCC(=O)NC(=O)NC2CC2)n1C1CC1. The first-order valence-electron chi connectivity index (χ1n) is 6.78. The minimum Gasteiger partial charge on any atom is -0.335 e. The normalized spacial score (nSPS) is 17.9. The van der Waals surface area contributed by atoms with Crippen LogP contribution in [0.4, 0.5) is 4.79 Å². The summed E-state index contributed by atoms with van der Waals surface area (Å²) in [5.74, 6) is 0.737. The van der Waals surface area contributed by atoms with Crippen LogP contribution >= 0.6 is 11.8 Å². The van der Waals surface area contributed by atoms with E-state index in [-0.39, 0.29) is 17.7 Å². The fourth-order valence-corrected chi connectivity index (χ4v) is 2.79. The van der Waals surface area contributed by atoms with E-state index in [1.165, 1.54) is 11.8 Å². The second-order valence-electron chi connectivity index (χ2n) is 5.22. The fraction of sp³-hybridized carbons (Fsp3) is 0.667. The van der Waals surface area contributed by atoms with E-state index in [2.05, 4.69) is 25.4 Å². The van der Waals surface area contributed by atoms with Gasteiger partial charge in [-0.25, -0.2) is 4.79 Å². The molecule has 0 aromatic carbocycles. The van der Waals surface area contributed by atoms with Gasteiger partial charge in [0.05, 0.1) is 5.75 Å². The fourth-order valence-electron chi connectivity index (χ4n) is 1.94. The van der Waals surface area contributed by atoms with E-state index in [4.69, 9.17) is 0 Å². The van der Waals surface area contributed by atoms with Gasteiger partial charge in [0.2, 0.25) is 5.91 Å². The Morgan fingerprint density at radius 2 is 2.05 bits per heavy atom. The van der Waals surface area contributed by atoms with Gasteiger partial charge in [-0.05, 0) is 32.6 Å². The number of urea groups is 1. The smallest absolute Gasteiger partial charge is 0.321 e. The summed E-state index contributed by atoms with van der Waals surface area (Å²) in [5.41, 5.74) is 0. The average molecular weight is 295 g/mol. The molecule has 2 aliphatic carbocycles. The van der Waals surface area contributed by atoms with E-state index in [1.807, 2.05) is 6.92 Å². The zero-order valence-corrected chi connectivity index (χ0v) is 12.1. The van der Waals surface area contributed by atoms with Crippen LogP contribution in [0.5, 0.6) is 0 Å². The molecule has 0 aliphatic heterocycles. The van der Waals surface area contributed by atoms with Gasteiger partial charge >= 0.3 is 6.03 Å². The number of hydrogen-bond donors (Lipinski definition) is 2. The van der Waals surface area contributed by atoms with E-state index in [9.17, 15) is 9.59 Å². The van der Waals surface area contributed by atoms with Gasteiger partial charge in [0.25, 0.3) is 0 Å². The van der Waals surface area contributed by atoms with E-state index < -0.39 is 6.03 Å². The zero-order chi connectivity index (χ0) is 14.1. The van der Waals surface area contributed by atoms with Crippen LogP contribution in [0.1, 0.15) is 37.5 Å². The highest BCUT2D eigenvalue weighted by molar-refractivity contribution is 7.99. The van der Waals surface area contributed by atoms with Crippen LogP contribution in [0.15, 0.2) is 5.16 Å². The molecular weight excluding hydrogens is 278 g/mol. The Morgan fingerprint density at radius 3 is 2.70 bits per heavy atom. The van der Waals surface area contributed by atoms with Gasteiger partial charge in [-0.15, -0.1) is 10.2 Å². The Morgan fingerprint density at radius 1 is 1.30 bits per heavy atom. The Bertz CT molecular complexity index is 536. The Kier molecular flexibility index (Phi) is 3.64.